The molecular weight excluding hydrogens is 240 g/mol. The number of halogens is 1. The van der Waals surface area contributed by atoms with E-state index in [0.717, 1.165) is 17.0 Å². The lowest BCUT2D eigenvalue weighted by Crippen LogP contribution is -2.08. The molecule has 0 aliphatic carbocycles. The largest absolute Gasteiger partial charge is 0.497 e. The Morgan fingerprint density at radius 1 is 1.18 bits per heavy atom. The molecule has 0 bridgehead atoms. The molecule has 1 aromatic carbocycles. The fourth-order valence-corrected chi connectivity index (χ4v) is 1.35. The van der Waals surface area contributed by atoms with Crippen LogP contribution in [0.5, 0.6) is 5.75 Å². The van der Waals surface area contributed by atoms with E-state index >= 15 is 0 Å². The van der Waals surface area contributed by atoms with Gasteiger partial charge in [-0.05, 0) is 24.3 Å². The molecule has 6 heteroatoms. The van der Waals surface area contributed by atoms with Gasteiger partial charge in [0.1, 0.15) is 5.75 Å². The number of ether oxygens (including phenoxy) is 1. The third-order valence-electron chi connectivity index (χ3n) is 2.18. The molecule has 3 N–H and O–H groups in total. The lowest BCUT2D eigenvalue weighted by molar-refractivity contribution is 0.415. The molecule has 0 saturated heterocycles. The molecule has 2 rings (SSSR count). The fourth-order valence-electron chi connectivity index (χ4n) is 1.35. The van der Waals surface area contributed by atoms with Gasteiger partial charge in [0.25, 0.3) is 0 Å². The summed E-state index contributed by atoms with van der Waals surface area (Å²) in [4.78, 5) is 0. The topological polar surface area (TPSA) is 73.1 Å². The average Bonchev–Trinajstić information content (AvgIpc) is 2.39. The smallest absolute Gasteiger partial charge is 0.162 e. The van der Waals surface area contributed by atoms with Crippen molar-refractivity contribution >= 4 is 18.2 Å². The van der Waals surface area contributed by atoms with E-state index in [1.165, 1.54) is 0 Å². The Morgan fingerprint density at radius 3 is 2.59 bits per heavy atom. The first-order valence-electron chi connectivity index (χ1n) is 4.78. The molecule has 0 unspecified atom stereocenters. The molecular formula is C11H13ClN4O. The van der Waals surface area contributed by atoms with Crippen LogP contribution in [0.4, 0.5) is 5.82 Å². The molecule has 0 spiro atoms. The van der Waals surface area contributed by atoms with Crippen molar-refractivity contribution in [2.75, 3.05) is 12.5 Å². The highest BCUT2D eigenvalue weighted by atomic mass is 35.5. The quantitative estimate of drug-likeness (QED) is 0.644. The highest BCUT2D eigenvalue weighted by molar-refractivity contribution is 5.85. The molecule has 0 saturated carbocycles. The van der Waals surface area contributed by atoms with Crippen LogP contribution in [0, 0.1) is 0 Å². The molecule has 0 aliphatic heterocycles. The number of rotatable bonds is 3. The van der Waals surface area contributed by atoms with Gasteiger partial charge in [0.05, 0.1) is 12.8 Å². The first-order chi connectivity index (χ1) is 7.83. The minimum atomic E-state index is 0. The third-order valence-corrected chi connectivity index (χ3v) is 2.18. The monoisotopic (exact) mass is 252 g/mol. The van der Waals surface area contributed by atoms with Gasteiger partial charge in [-0.25, -0.2) is 5.84 Å². The van der Waals surface area contributed by atoms with Gasteiger partial charge in [-0.3, -0.25) is 0 Å². The van der Waals surface area contributed by atoms with E-state index in [9.17, 15) is 0 Å². The van der Waals surface area contributed by atoms with Gasteiger partial charge in [-0.1, -0.05) is 12.1 Å². The maximum Gasteiger partial charge on any atom is 0.162 e. The summed E-state index contributed by atoms with van der Waals surface area (Å²) in [5, 5.41) is 7.95. The van der Waals surface area contributed by atoms with Crippen molar-refractivity contribution in [3.8, 4) is 17.0 Å². The fraction of sp³-hybridized carbons (Fsp3) is 0.0909. The van der Waals surface area contributed by atoms with E-state index in [1.807, 2.05) is 30.3 Å². The highest BCUT2D eigenvalue weighted by Gasteiger charge is 2.01. The van der Waals surface area contributed by atoms with Crippen molar-refractivity contribution in [3.63, 3.8) is 0 Å². The Morgan fingerprint density at radius 2 is 2.00 bits per heavy atom. The first kappa shape index (κ1) is 13.2. The van der Waals surface area contributed by atoms with Crippen LogP contribution in [0.25, 0.3) is 11.3 Å². The van der Waals surface area contributed by atoms with Crippen LogP contribution in [0.1, 0.15) is 0 Å². The van der Waals surface area contributed by atoms with Gasteiger partial charge in [0.2, 0.25) is 0 Å². The molecule has 2 aromatic rings. The van der Waals surface area contributed by atoms with Crippen LogP contribution in [0.15, 0.2) is 36.4 Å². The van der Waals surface area contributed by atoms with Crippen LogP contribution < -0.4 is 16.0 Å². The highest BCUT2D eigenvalue weighted by Crippen LogP contribution is 2.21. The molecule has 0 amide bonds. The molecule has 0 radical (unpaired) electrons. The van der Waals surface area contributed by atoms with Crippen LogP contribution in [-0.4, -0.2) is 17.3 Å². The number of nitrogen functional groups attached to an aromatic ring is 1. The number of nitrogens with two attached hydrogens (primary N) is 1. The van der Waals surface area contributed by atoms with Crippen molar-refractivity contribution in [3.05, 3.63) is 36.4 Å². The second kappa shape index (κ2) is 6.03. The maximum absolute atomic E-state index is 5.21. The van der Waals surface area contributed by atoms with E-state index in [2.05, 4.69) is 15.6 Å². The number of hydrogen-bond acceptors (Lipinski definition) is 5. The van der Waals surface area contributed by atoms with Crippen molar-refractivity contribution in [1.82, 2.24) is 10.2 Å². The zero-order valence-corrected chi connectivity index (χ0v) is 10.1. The molecule has 1 aromatic heterocycles. The minimum absolute atomic E-state index is 0. The summed E-state index contributed by atoms with van der Waals surface area (Å²) in [6, 6.07) is 11.2. The van der Waals surface area contributed by atoms with E-state index in [1.54, 1.807) is 13.2 Å². The van der Waals surface area contributed by atoms with E-state index in [0.29, 0.717) is 5.82 Å². The van der Waals surface area contributed by atoms with E-state index < -0.39 is 0 Å². The molecule has 5 nitrogen and oxygen atoms in total. The van der Waals surface area contributed by atoms with Gasteiger partial charge in [-0.15, -0.1) is 22.6 Å². The minimum Gasteiger partial charge on any atom is -0.497 e. The summed E-state index contributed by atoms with van der Waals surface area (Å²) >= 11 is 0. The number of aromatic nitrogens is 2. The molecule has 1 heterocycles. The number of benzene rings is 1. The standard InChI is InChI=1S/C11H12N4O.ClH/c1-16-9-4-2-3-8(7-9)10-5-6-11(13-12)15-14-10;/h2-7H,12H2,1H3,(H,13,15);1H. The lowest BCUT2D eigenvalue weighted by atomic mass is 10.1. The second-order valence-corrected chi connectivity index (χ2v) is 3.18. The Balaban J connectivity index is 0.00000144. The third kappa shape index (κ3) is 3.05. The van der Waals surface area contributed by atoms with E-state index in [4.69, 9.17) is 10.6 Å². The predicted molar refractivity (Wildman–Crippen MR) is 69.1 cm³/mol. The average molecular weight is 253 g/mol. The molecule has 90 valence electrons. The van der Waals surface area contributed by atoms with Gasteiger partial charge in [0, 0.05) is 5.56 Å². The Hall–Kier alpha value is -1.85. The van der Waals surface area contributed by atoms with Crippen molar-refractivity contribution in [2.24, 2.45) is 5.84 Å². The second-order valence-electron chi connectivity index (χ2n) is 3.18. The Kier molecular flexibility index (Phi) is 4.68. The number of nitrogens with one attached hydrogen (secondary N) is 1. The summed E-state index contributed by atoms with van der Waals surface area (Å²) in [5.74, 6) is 6.54. The van der Waals surface area contributed by atoms with Gasteiger partial charge < -0.3 is 10.2 Å². The Labute approximate surface area is 105 Å². The number of hydrogen-bond donors (Lipinski definition) is 2. The summed E-state index contributed by atoms with van der Waals surface area (Å²) in [7, 11) is 1.63. The van der Waals surface area contributed by atoms with Crippen molar-refractivity contribution in [1.29, 1.82) is 0 Å². The first-order valence-corrected chi connectivity index (χ1v) is 4.78. The lowest BCUT2D eigenvalue weighted by Gasteiger charge is -2.04. The van der Waals surface area contributed by atoms with Gasteiger partial charge in [-0.2, -0.15) is 0 Å². The normalized spacial score (nSPS) is 9.29. The van der Waals surface area contributed by atoms with Crippen molar-refractivity contribution < 1.29 is 4.74 Å². The van der Waals surface area contributed by atoms with Crippen molar-refractivity contribution in [2.45, 2.75) is 0 Å². The van der Waals surface area contributed by atoms with E-state index in [-0.39, 0.29) is 12.4 Å². The molecule has 0 aliphatic rings. The maximum atomic E-state index is 5.21. The summed E-state index contributed by atoms with van der Waals surface area (Å²) < 4.78 is 5.14. The molecule has 0 atom stereocenters. The number of methoxy groups -OCH3 is 1. The van der Waals surface area contributed by atoms with Crippen LogP contribution in [0.2, 0.25) is 0 Å². The van der Waals surface area contributed by atoms with Gasteiger partial charge in [0.15, 0.2) is 5.82 Å². The molecule has 17 heavy (non-hydrogen) atoms. The predicted octanol–water partition coefficient (Wildman–Crippen LogP) is 1.86. The SMILES string of the molecule is COc1cccc(-c2ccc(NN)nn2)c1.Cl. The number of anilines is 1. The number of hydrazine groups is 1. The Bertz CT molecular complexity index is 475. The van der Waals surface area contributed by atoms with Gasteiger partial charge >= 0.3 is 0 Å². The summed E-state index contributed by atoms with van der Waals surface area (Å²) in [6.45, 7) is 0. The van der Waals surface area contributed by atoms with Crippen LogP contribution >= 0.6 is 12.4 Å². The molecule has 0 fully saturated rings. The zero-order valence-electron chi connectivity index (χ0n) is 9.25. The zero-order chi connectivity index (χ0) is 11.4. The van der Waals surface area contributed by atoms with Crippen LogP contribution in [0.3, 0.4) is 0 Å². The van der Waals surface area contributed by atoms with Crippen LogP contribution in [-0.2, 0) is 0 Å². The number of nitrogens with zero attached hydrogens (tertiary/aromatic N) is 2. The summed E-state index contributed by atoms with van der Waals surface area (Å²) in [6.07, 6.45) is 0. The summed E-state index contributed by atoms with van der Waals surface area (Å²) in [5.41, 5.74) is 4.16.